The van der Waals surface area contributed by atoms with Crippen molar-refractivity contribution in [1.29, 1.82) is 0 Å². The minimum absolute atomic E-state index is 0.0706. The fourth-order valence-corrected chi connectivity index (χ4v) is 1.82. The molecule has 0 spiro atoms. The third kappa shape index (κ3) is 3.98. The second-order valence-electron chi connectivity index (χ2n) is 4.26. The summed E-state index contributed by atoms with van der Waals surface area (Å²) in [5.41, 5.74) is 1.53. The Morgan fingerprint density at radius 3 is 1.85 bits per heavy atom. The summed E-state index contributed by atoms with van der Waals surface area (Å²) in [6.45, 7) is 3.11. The molecule has 2 aromatic rings. The lowest BCUT2D eigenvalue weighted by Gasteiger charge is -2.09. The molecule has 2 N–H and O–H groups in total. The fraction of sp³-hybridized carbons (Fsp3) is 0.250. The van der Waals surface area contributed by atoms with Gasteiger partial charge in [0.15, 0.2) is 11.5 Å². The predicted molar refractivity (Wildman–Crippen MR) is 76.8 cm³/mol. The maximum atomic E-state index is 9.60. The van der Waals surface area contributed by atoms with Gasteiger partial charge in [-0.15, -0.1) is 0 Å². The maximum Gasteiger partial charge on any atom is 0.165 e. The van der Waals surface area contributed by atoms with E-state index in [-0.39, 0.29) is 11.5 Å². The Bertz CT molecular complexity index is 510. The summed E-state index contributed by atoms with van der Waals surface area (Å²) in [5.74, 6) is -0.162. The van der Waals surface area contributed by atoms with Gasteiger partial charge >= 0.3 is 0 Å². The van der Waals surface area contributed by atoms with Crippen molar-refractivity contribution >= 4 is 0 Å². The first-order chi connectivity index (χ1) is 9.79. The number of hydrogen-bond donors (Lipinski definition) is 2. The van der Waals surface area contributed by atoms with E-state index in [2.05, 4.69) is 0 Å². The predicted octanol–water partition coefficient (Wildman–Crippen LogP) is 2.80. The number of para-hydroxylation sites is 1. The van der Waals surface area contributed by atoms with Crippen LogP contribution in [0, 0.1) is 0 Å². The Hall–Kier alpha value is -2.04. The van der Waals surface area contributed by atoms with E-state index < -0.39 is 0 Å². The molecule has 4 heteroatoms. The normalized spacial score (nSPS) is 14.2. The van der Waals surface area contributed by atoms with Crippen LogP contribution in [0.1, 0.15) is 0 Å². The summed E-state index contributed by atoms with van der Waals surface area (Å²) in [7, 11) is 0. The van der Waals surface area contributed by atoms with Gasteiger partial charge in [0.25, 0.3) is 0 Å². The van der Waals surface area contributed by atoms with Crippen LogP contribution < -0.4 is 0 Å². The van der Waals surface area contributed by atoms with Gasteiger partial charge in [-0.25, -0.2) is 0 Å². The number of rotatable bonds is 1. The Balaban J connectivity index is 0.000000205. The van der Waals surface area contributed by atoms with Crippen LogP contribution in [0.15, 0.2) is 48.5 Å². The maximum absolute atomic E-state index is 9.60. The number of phenols is 2. The topological polar surface area (TPSA) is 58.9 Å². The van der Waals surface area contributed by atoms with E-state index >= 15 is 0 Å². The first-order valence-corrected chi connectivity index (χ1v) is 6.51. The number of phenolic OH excluding ortho intramolecular Hbond substituents is 2. The van der Waals surface area contributed by atoms with E-state index in [0.29, 0.717) is 5.56 Å². The Labute approximate surface area is 118 Å². The zero-order valence-electron chi connectivity index (χ0n) is 11.2. The molecular formula is C16H18O4. The molecule has 1 fully saturated rings. The third-order valence-electron chi connectivity index (χ3n) is 2.84. The van der Waals surface area contributed by atoms with Gasteiger partial charge in [-0.2, -0.15) is 0 Å². The molecule has 0 bridgehead atoms. The quantitative estimate of drug-likeness (QED) is 0.785. The van der Waals surface area contributed by atoms with Crippen LogP contribution in [-0.4, -0.2) is 36.6 Å². The van der Waals surface area contributed by atoms with Crippen molar-refractivity contribution in [3.05, 3.63) is 48.5 Å². The standard InChI is InChI=1S/C12H10O2.C4H8O2/c13-11-8-4-7-10(12(11)14)9-5-2-1-3-6-9;1-2-6-4-3-5-1/h1-8,13-14H;1-4H2. The molecule has 0 aromatic heterocycles. The van der Waals surface area contributed by atoms with Crippen LogP contribution in [0.25, 0.3) is 11.1 Å². The number of benzene rings is 2. The van der Waals surface area contributed by atoms with Crippen LogP contribution in [0.2, 0.25) is 0 Å². The zero-order valence-corrected chi connectivity index (χ0v) is 11.2. The summed E-state index contributed by atoms with van der Waals surface area (Å²) in [6.07, 6.45) is 0. The van der Waals surface area contributed by atoms with Crippen molar-refractivity contribution < 1.29 is 19.7 Å². The molecule has 20 heavy (non-hydrogen) atoms. The Morgan fingerprint density at radius 2 is 1.30 bits per heavy atom. The van der Waals surface area contributed by atoms with Gasteiger partial charge in [0.05, 0.1) is 26.4 Å². The summed E-state index contributed by atoms with van der Waals surface area (Å²) in [4.78, 5) is 0. The molecule has 0 aliphatic carbocycles. The van der Waals surface area contributed by atoms with Crippen LogP contribution in [0.4, 0.5) is 0 Å². The molecule has 0 saturated carbocycles. The van der Waals surface area contributed by atoms with E-state index in [0.717, 1.165) is 32.0 Å². The molecule has 0 amide bonds. The largest absolute Gasteiger partial charge is 0.504 e. The molecule has 3 rings (SSSR count). The molecule has 2 aromatic carbocycles. The summed E-state index contributed by atoms with van der Waals surface area (Å²) in [5, 5.41) is 18.9. The number of hydrogen-bond acceptors (Lipinski definition) is 4. The highest BCUT2D eigenvalue weighted by molar-refractivity contribution is 5.72. The minimum Gasteiger partial charge on any atom is -0.504 e. The van der Waals surface area contributed by atoms with Crippen molar-refractivity contribution in [3.63, 3.8) is 0 Å². The summed E-state index contributed by atoms with van der Waals surface area (Å²) < 4.78 is 9.89. The van der Waals surface area contributed by atoms with Gasteiger partial charge in [0.2, 0.25) is 0 Å². The second kappa shape index (κ2) is 7.53. The van der Waals surface area contributed by atoms with Crippen molar-refractivity contribution in [3.8, 4) is 22.6 Å². The van der Waals surface area contributed by atoms with Gasteiger partial charge in [-0.05, 0) is 11.6 Å². The van der Waals surface area contributed by atoms with Crippen molar-refractivity contribution in [2.45, 2.75) is 0 Å². The van der Waals surface area contributed by atoms with Crippen molar-refractivity contribution in [2.24, 2.45) is 0 Å². The van der Waals surface area contributed by atoms with E-state index in [4.69, 9.17) is 9.47 Å². The van der Waals surface area contributed by atoms with Crippen molar-refractivity contribution in [1.82, 2.24) is 0 Å². The van der Waals surface area contributed by atoms with E-state index in [9.17, 15) is 10.2 Å². The molecule has 0 unspecified atom stereocenters. The molecular weight excluding hydrogens is 256 g/mol. The summed E-state index contributed by atoms with van der Waals surface area (Å²) in [6, 6.07) is 14.4. The lowest BCUT2D eigenvalue weighted by Crippen LogP contribution is -2.16. The van der Waals surface area contributed by atoms with Crippen LogP contribution in [0.5, 0.6) is 11.5 Å². The fourth-order valence-electron chi connectivity index (χ4n) is 1.82. The second-order valence-corrected chi connectivity index (χ2v) is 4.26. The zero-order chi connectivity index (χ0) is 14.2. The molecule has 106 valence electrons. The van der Waals surface area contributed by atoms with Gasteiger partial charge in [-0.3, -0.25) is 0 Å². The van der Waals surface area contributed by atoms with Gasteiger partial charge in [0.1, 0.15) is 0 Å². The molecule has 1 aliphatic heterocycles. The smallest absolute Gasteiger partial charge is 0.165 e. The van der Waals surface area contributed by atoms with Crippen LogP contribution in [-0.2, 0) is 9.47 Å². The Morgan fingerprint density at radius 1 is 0.700 bits per heavy atom. The first kappa shape index (κ1) is 14.4. The van der Waals surface area contributed by atoms with Gasteiger partial charge in [-0.1, -0.05) is 42.5 Å². The monoisotopic (exact) mass is 274 g/mol. The highest BCUT2D eigenvalue weighted by atomic mass is 16.6. The average Bonchev–Trinajstić information content (AvgIpc) is 2.53. The SMILES string of the molecule is C1COCCO1.Oc1cccc(-c2ccccc2)c1O. The molecule has 0 radical (unpaired) electrons. The number of aromatic hydroxyl groups is 2. The lowest BCUT2D eigenvalue weighted by molar-refractivity contribution is -0.0334. The van der Waals surface area contributed by atoms with Gasteiger partial charge in [0, 0.05) is 5.56 Å². The average molecular weight is 274 g/mol. The third-order valence-corrected chi connectivity index (χ3v) is 2.84. The van der Waals surface area contributed by atoms with Crippen LogP contribution in [0.3, 0.4) is 0 Å². The van der Waals surface area contributed by atoms with E-state index in [1.54, 1.807) is 12.1 Å². The van der Waals surface area contributed by atoms with Crippen molar-refractivity contribution in [2.75, 3.05) is 26.4 Å². The molecule has 0 atom stereocenters. The molecule has 1 aliphatic rings. The Kier molecular flexibility index (Phi) is 5.41. The highest BCUT2D eigenvalue weighted by Crippen LogP contribution is 2.35. The van der Waals surface area contributed by atoms with Gasteiger partial charge < -0.3 is 19.7 Å². The molecule has 4 nitrogen and oxygen atoms in total. The highest BCUT2D eigenvalue weighted by Gasteiger charge is 2.06. The van der Waals surface area contributed by atoms with Crippen LogP contribution >= 0.6 is 0 Å². The minimum atomic E-state index is -0.0913. The van der Waals surface area contributed by atoms with E-state index in [1.165, 1.54) is 6.07 Å². The molecule has 1 heterocycles. The number of ether oxygens (including phenoxy) is 2. The first-order valence-electron chi connectivity index (χ1n) is 6.51. The van der Waals surface area contributed by atoms with E-state index in [1.807, 2.05) is 30.3 Å². The molecule has 1 saturated heterocycles. The summed E-state index contributed by atoms with van der Waals surface area (Å²) >= 11 is 0. The lowest BCUT2D eigenvalue weighted by atomic mass is 10.0.